The second kappa shape index (κ2) is 6.81. The number of benzene rings is 1. The van der Waals surface area contributed by atoms with Gasteiger partial charge >= 0.3 is 5.97 Å². The summed E-state index contributed by atoms with van der Waals surface area (Å²) in [6.45, 7) is 4.44. The highest BCUT2D eigenvalue weighted by Gasteiger charge is 2.19. The Morgan fingerprint density at radius 2 is 2.25 bits per heavy atom. The van der Waals surface area contributed by atoms with Crippen molar-refractivity contribution in [1.29, 1.82) is 0 Å². The smallest absolute Gasteiger partial charge is 0.306 e. The molecule has 0 aromatic heterocycles. The van der Waals surface area contributed by atoms with E-state index in [0.717, 1.165) is 12.1 Å². The zero-order valence-electron chi connectivity index (χ0n) is 11.6. The van der Waals surface area contributed by atoms with Crippen LogP contribution in [0.1, 0.15) is 18.9 Å². The van der Waals surface area contributed by atoms with E-state index in [4.69, 9.17) is 21.1 Å². The van der Waals surface area contributed by atoms with Crippen LogP contribution in [0.4, 0.5) is 0 Å². The summed E-state index contributed by atoms with van der Waals surface area (Å²) in [4.78, 5) is 13.3. The van der Waals surface area contributed by atoms with Gasteiger partial charge in [0.05, 0.1) is 18.6 Å². The number of fused-ring (bicyclic) bond motifs is 1. The topological polar surface area (TPSA) is 48.0 Å². The second-order valence-corrected chi connectivity index (χ2v) is 4.91. The third-order valence-corrected chi connectivity index (χ3v) is 3.48. The monoisotopic (exact) mass is 299 g/mol. The SMILES string of the molecule is CCN(CCC(=O)OC)Cc1cc(Cl)c2c(c1)OCO2. The minimum Gasteiger partial charge on any atom is -0.469 e. The molecule has 1 aliphatic rings. The summed E-state index contributed by atoms with van der Waals surface area (Å²) in [5, 5.41) is 0.555. The van der Waals surface area contributed by atoms with Gasteiger partial charge in [0, 0.05) is 13.1 Å². The maximum atomic E-state index is 11.2. The normalized spacial score (nSPS) is 12.8. The lowest BCUT2D eigenvalue weighted by Gasteiger charge is -2.20. The van der Waals surface area contributed by atoms with E-state index in [9.17, 15) is 4.79 Å². The fraction of sp³-hybridized carbons (Fsp3) is 0.500. The Morgan fingerprint density at radius 1 is 1.45 bits per heavy atom. The molecule has 1 aromatic rings. The minimum atomic E-state index is -0.202. The summed E-state index contributed by atoms with van der Waals surface area (Å²) in [6, 6.07) is 3.80. The van der Waals surface area contributed by atoms with Crippen LogP contribution < -0.4 is 9.47 Å². The van der Waals surface area contributed by atoms with Crippen molar-refractivity contribution in [2.24, 2.45) is 0 Å². The third kappa shape index (κ3) is 3.55. The number of hydrogen-bond donors (Lipinski definition) is 0. The molecule has 0 radical (unpaired) electrons. The number of halogens is 1. The average Bonchev–Trinajstić information content (AvgIpc) is 2.91. The molecule has 0 bridgehead atoms. The first-order chi connectivity index (χ1) is 9.63. The van der Waals surface area contributed by atoms with Crippen molar-refractivity contribution < 1.29 is 19.0 Å². The lowest BCUT2D eigenvalue weighted by Crippen LogP contribution is -2.26. The van der Waals surface area contributed by atoms with Crippen molar-refractivity contribution in [3.8, 4) is 11.5 Å². The summed E-state index contributed by atoms with van der Waals surface area (Å²) in [7, 11) is 1.40. The van der Waals surface area contributed by atoms with Gasteiger partial charge in [0.1, 0.15) is 0 Å². The molecule has 0 fully saturated rings. The highest BCUT2D eigenvalue weighted by molar-refractivity contribution is 6.32. The van der Waals surface area contributed by atoms with Crippen molar-refractivity contribution in [3.05, 3.63) is 22.7 Å². The van der Waals surface area contributed by atoms with Crippen LogP contribution in [0.5, 0.6) is 11.5 Å². The molecule has 0 amide bonds. The van der Waals surface area contributed by atoms with Crippen molar-refractivity contribution in [2.75, 3.05) is 27.0 Å². The Kier molecular flexibility index (Phi) is 5.09. The maximum absolute atomic E-state index is 11.2. The molecule has 0 unspecified atom stereocenters. The number of nitrogens with zero attached hydrogens (tertiary/aromatic N) is 1. The Hall–Kier alpha value is -1.46. The zero-order valence-corrected chi connectivity index (χ0v) is 12.4. The number of rotatable bonds is 6. The molecule has 1 aromatic carbocycles. The number of carbonyl (C=O) groups excluding carboxylic acids is 1. The molecule has 0 N–H and O–H groups in total. The molecule has 6 heteroatoms. The first-order valence-electron chi connectivity index (χ1n) is 6.51. The van der Waals surface area contributed by atoms with E-state index in [-0.39, 0.29) is 12.8 Å². The van der Waals surface area contributed by atoms with Gasteiger partial charge in [-0.05, 0) is 24.2 Å². The Balaban J connectivity index is 2.01. The molecule has 2 rings (SSSR count). The van der Waals surface area contributed by atoms with Crippen LogP contribution in [-0.4, -0.2) is 37.9 Å². The van der Waals surface area contributed by atoms with Gasteiger partial charge in [-0.15, -0.1) is 0 Å². The number of carbonyl (C=O) groups is 1. The van der Waals surface area contributed by atoms with E-state index in [2.05, 4.69) is 9.64 Å². The van der Waals surface area contributed by atoms with Crippen LogP contribution in [0.3, 0.4) is 0 Å². The molecule has 0 aliphatic carbocycles. The van der Waals surface area contributed by atoms with E-state index in [1.165, 1.54) is 7.11 Å². The van der Waals surface area contributed by atoms with E-state index in [1.54, 1.807) is 0 Å². The highest BCUT2D eigenvalue weighted by atomic mass is 35.5. The van der Waals surface area contributed by atoms with Crippen LogP contribution in [0.15, 0.2) is 12.1 Å². The van der Waals surface area contributed by atoms with Gasteiger partial charge in [0.25, 0.3) is 0 Å². The van der Waals surface area contributed by atoms with Crippen molar-refractivity contribution in [1.82, 2.24) is 4.90 Å². The molecular formula is C14H18ClNO4. The first-order valence-corrected chi connectivity index (χ1v) is 6.89. The van der Waals surface area contributed by atoms with Gasteiger partial charge in [0.15, 0.2) is 11.5 Å². The first kappa shape index (κ1) is 14.9. The van der Waals surface area contributed by atoms with Crippen molar-refractivity contribution in [2.45, 2.75) is 19.9 Å². The quantitative estimate of drug-likeness (QED) is 0.755. The molecule has 0 saturated carbocycles. The van der Waals surface area contributed by atoms with Gasteiger partial charge in [-0.25, -0.2) is 0 Å². The van der Waals surface area contributed by atoms with Crippen LogP contribution in [0, 0.1) is 0 Å². The highest BCUT2D eigenvalue weighted by Crippen LogP contribution is 2.39. The lowest BCUT2D eigenvalue weighted by molar-refractivity contribution is -0.141. The number of methoxy groups -OCH3 is 1. The summed E-state index contributed by atoms with van der Waals surface area (Å²) in [6.07, 6.45) is 0.378. The molecule has 110 valence electrons. The van der Waals surface area contributed by atoms with Gasteiger partial charge in [0.2, 0.25) is 6.79 Å². The number of ether oxygens (including phenoxy) is 3. The predicted molar refractivity (Wildman–Crippen MR) is 75.2 cm³/mol. The molecule has 20 heavy (non-hydrogen) atoms. The van der Waals surface area contributed by atoms with Crippen LogP contribution in [0.2, 0.25) is 5.02 Å². The maximum Gasteiger partial charge on any atom is 0.306 e. The summed E-state index contributed by atoms with van der Waals surface area (Å²) >= 11 is 6.15. The van der Waals surface area contributed by atoms with Crippen LogP contribution >= 0.6 is 11.6 Å². The summed E-state index contributed by atoms with van der Waals surface area (Å²) in [5.74, 6) is 1.08. The largest absolute Gasteiger partial charge is 0.469 e. The second-order valence-electron chi connectivity index (χ2n) is 4.51. The van der Waals surface area contributed by atoms with Crippen LogP contribution in [-0.2, 0) is 16.1 Å². The van der Waals surface area contributed by atoms with Gasteiger partial charge in [-0.3, -0.25) is 9.69 Å². The molecule has 0 spiro atoms. The molecule has 0 atom stereocenters. The van der Waals surface area contributed by atoms with E-state index >= 15 is 0 Å². The molecule has 0 saturated heterocycles. The lowest BCUT2D eigenvalue weighted by atomic mass is 10.2. The fourth-order valence-electron chi connectivity index (χ4n) is 2.07. The fourth-order valence-corrected chi connectivity index (χ4v) is 2.36. The average molecular weight is 300 g/mol. The third-order valence-electron chi connectivity index (χ3n) is 3.20. The van der Waals surface area contributed by atoms with Gasteiger partial charge in [-0.2, -0.15) is 0 Å². The number of esters is 1. The zero-order chi connectivity index (χ0) is 14.5. The Labute approximate surface area is 123 Å². The van der Waals surface area contributed by atoms with Crippen molar-refractivity contribution in [3.63, 3.8) is 0 Å². The molecule has 1 heterocycles. The van der Waals surface area contributed by atoms with Crippen molar-refractivity contribution >= 4 is 17.6 Å². The summed E-state index contributed by atoms with van der Waals surface area (Å²) < 4.78 is 15.3. The molecule has 5 nitrogen and oxygen atoms in total. The Morgan fingerprint density at radius 3 is 2.95 bits per heavy atom. The van der Waals surface area contributed by atoms with Crippen LogP contribution in [0.25, 0.3) is 0 Å². The molecule has 1 aliphatic heterocycles. The van der Waals surface area contributed by atoms with E-state index in [1.807, 2.05) is 19.1 Å². The van der Waals surface area contributed by atoms with Gasteiger partial charge in [-0.1, -0.05) is 18.5 Å². The van der Waals surface area contributed by atoms with Gasteiger partial charge < -0.3 is 14.2 Å². The van der Waals surface area contributed by atoms with E-state index < -0.39 is 0 Å². The summed E-state index contributed by atoms with van der Waals surface area (Å²) in [5.41, 5.74) is 1.03. The Bertz CT molecular complexity index is 492. The predicted octanol–water partition coefficient (Wildman–Crippen LogP) is 2.45. The minimum absolute atomic E-state index is 0.202. The number of hydrogen-bond acceptors (Lipinski definition) is 5. The molecular weight excluding hydrogens is 282 g/mol. The standard InChI is InChI=1S/C14H18ClNO4/c1-3-16(5-4-13(17)18-2)8-10-6-11(15)14-12(7-10)19-9-20-14/h6-7H,3-5,8-9H2,1-2H3. The van der Waals surface area contributed by atoms with E-state index in [0.29, 0.717) is 36.0 Å².